The lowest BCUT2D eigenvalue weighted by Gasteiger charge is -2.08. The number of rotatable bonds is 3. The van der Waals surface area contributed by atoms with E-state index < -0.39 is 0 Å². The van der Waals surface area contributed by atoms with Gasteiger partial charge in [-0.1, -0.05) is 18.2 Å². The van der Waals surface area contributed by atoms with Crippen molar-refractivity contribution in [2.75, 3.05) is 0 Å². The van der Waals surface area contributed by atoms with Crippen molar-refractivity contribution >= 4 is 27.5 Å². The summed E-state index contributed by atoms with van der Waals surface area (Å²) in [5.41, 5.74) is 3.84. The van der Waals surface area contributed by atoms with Gasteiger partial charge in [0.2, 0.25) is 0 Å². The summed E-state index contributed by atoms with van der Waals surface area (Å²) < 4.78 is 6.18. The average Bonchev–Trinajstić information content (AvgIpc) is 2.70. The molecule has 90 valence electrons. The molecule has 0 radical (unpaired) electrons. The van der Waals surface area contributed by atoms with Crippen LogP contribution in [-0.2, 0) is 6.42 Å². The molecule has 0 N–H and O–H groups in total. The Morgan fingerprint density at radius 3 is 2.53 bits per heavy atom. The molecule has 17 heavy (non-hydrogen) atoms. The van der Waals surface area contributed by atoms with Gasteiger partial charge in [0.25, 0.3) is 0 Å². The molecule has 0 saturated carbocycles. The minimum Gasteiger partial charge on any atom is -0.453 e. The van der Waals surface area contributed by atoms with Crippen LogP contribution in [0.25, 0.3) is 0 Å². The maximum absolute atomic E-state index is 6.33. The Morgan fingerprint density at radius 2 is 1.94 bits per heavy atom. The maximum atomic E-state index is 6.33. The number of halogens is 2. The lowest BCUT2D eigenvalue weighted by atomic mass is 10.0. The van der Waals surface area contributed by atoms with Gasteiger partial charge < -0.3 is 4.42 Å². The smallest absolute Gasteiger partial charge is 0.169 e. The molecule has 1 aromatic carbocycles. The highest BCUT2D eigenvalue weighted by Gasteiger charge is 2.13. The van der Waals surface area contributed by atoms with Crippen LogP contribution in [0.1, 0.15) is 27.8 Å². The molecule has 1 unspecified atom stereocenters. The van der Waals surface area contributed by atoms with Crippen LogP contribution in [0, 0.1) is 13.8 Å². The van der Waals surface area contributed by atoms with E-state index >= 15 is 0 Å². The predicted octanol–water partition coefficient (Wildman–Crippen LogP) is 5.18. The van der Waals surface area contributed by atoms with Crippen LogP contribution in [0.15, 0.2) is 39.4 Å². The van der Waals surface area contributed by atoms with Crippen LogP contribution < -0.4 is 0 Å². The molecule has 0 aliphatic carbocycles. The molecule has 3 heteroatoms. The Labute approximate surface area is 115 Å². The molecule has 0 saturated heterocycles. The molecule has 1 nitrogen and oxygen atoms in total. The summed E-state index contributed by atoms with van der Waals surface area (Å²) in [4.78, 5) is 0. The van der Waals surface area contributed by atoms with E-state index in [9.17, 15) is 0 Å². The van der Waals surface area contributed by atoms with E-state index in [1.165, 1.54) is 16.7 Å². The molecule has 0 amide bonds. The minimum atomic E-state index is -0.122. The van der Waals surface area contributed by atoms with Crippen molar-refractivity contribution in [3.63, 3.8) is 0 Å². The van der Waals surface area contributed by atoms with Crippen LogP contribution in [0.2, 0.25) is 0 Å². The van der Waals surface area contributed by atoms with Crippen LogP contribution in [0.3, 0.4) is 0 Å². The van der Waals surface area contributed by atoms with Gasteiger partial charge in [-0.25, -0.2) is 0 Å². The van der Waals surface area contributed by atoms with Crippen molar-refractivity contribution in [1.82, 2.24) is 0 Å². The molecule has 2 rings (SSSR count). The summed E-state index contributed by atoms with van der Waals surface area (Å²) in [5, 5.41) is -0.122. The third kappa shape index (κ3) is 3.14. The fourth-order valence-electron chi connectivity index (χ4n) is 1.73. The van der Waals surface area contributed by atoms with E-state index in [0.29, 0.717) is 0 Å². The van der Waals surface area contributed by atoms with Crippen molar-refractivity contribution in [2.24, 2.45) is 0 Å². The summed E-state index contributed by atoms with van der Waals surface area (Å²) >= 11 is 9.61. The van der Waals surface area contributed by atoms with Crippen LogP contribution >= 0.6 is 27.5 Å². The zero-order valence-electron chi connectivity index (χ0n) is 9.84. The molecule has 0 aliphatic rings. The Balaban J connectivity index is 2.12. The largest absolute Gasteiger partial charge is 0.453 e. The van der Waals surface area contributed by atoms with Crippen LogP contribution in [0.5, 0.6) is 0 Å². The molecule has 0 bridgehead atoms. The van der Waals surface area contributed by atoms with E-state index in [4.69, 9.17) is 16.0 Å². The fraction of sp³-hybridized carbons (Fsp3) is 0.286. The molecule has 0 aliphatic heterocycles. The summed E-state index contributed by atoms with van der Waals surface area (Å²) in [7, 11) is 0. The van der Waals surface area contributed by atoms with Crippen LogP contribution in [0.4, 0.5) is 0 Å². The first-order valence-corrected chi connectivity index (χ1v) is 6.74. The van der Waals surface area contributed by atoms with Gasteiger partial charge in [-0.2, -0.15) is 0 Å². The van der Waals surface area contributed by atoms with Gasteiger partial charge in [0, 0.05) is 0 Å². The van der Waals surface area contributed by atoms with Gasteiger partial charge >= 0.3 is 0 Å². The highest BCUT2D eigenvalue weighted by atomic mass is 79.9. The van der Waals surface area contributed by atoms with Crippen molar-refractivity contribution in [3.05, 3.63) is 57.5 Å². The number of benzene rings is 1. The second-order valence-electron chi connectivity index (χ2n) is 4.23. The van der Waals surface area contributed by atoms with E-state index in [1.807, 2.05) is 12.1 Å². The number of hydrogen-bond donors (Lipinski definition) is 0. The molecule has 1 atom stereocenters. The Bertz CT molecular complexity index is 519. The highest BCUT2D eigenvalue weighted by Crippen LogP contribution is 2.28. The first-order valence-electron chi connectivity index (χ1n) is 5.51. The SMILES string of the molecule is Cc1ccc(CC(Cl)c2ccc(Br)o2)cc1C. The number of hydrogen-bond acceptors (Lipinski definition) is 1. The Kier molecular flexibility index (Phi) is 3.95. The first-order chi connectivity index (χ1) is 8.06. The lowest BCUT2D eigenvalue weighted by molar-refractivity contribution is 0.481. The minimum absolute atomic E-state index is 0.122. The number of aryl methyl sites for hydroxylation is 2. The van der Waals surface area contributed by atoms with Crippen molar-refractivity contribution in [3.8, 4) is 0 Å². The molecule has 0 spiro atoms. The Hall–Kier alpha value is -0.730. The van der Waals surface area contributed by atoms with Gasteiger partial charge in [0.1, 0.15) is 5.76 Å². The molecular weight excluding hydrogens is 300 g/mol. The van der Waals surface area contributed by atoms with E-state index in [1.54, 1.807) is 0 Å². The van der Waals surface area contributed by atoms with Crippen molar-refractivity contribution in [2.45, 2.75) is 25.6 Å². The van der Waals surface area contributed by atoms with Crippen molar-refractivity contribution < 1.29 is 4.42 Å². The fourth-order valence-corrected chi connectivity index (χ4v) is 2.35. The second kappa shape index (κ2) is 5.28. The van der Waals surface area contributed by atoms with Crippen molar-refractivity contribution in [1.29, 1.82) is 0 Å². The van der Waals surface area contributed by atoms with Gasteiger partial charge in [-0.15, -0.1) is 11.6 Å². The van der Waals surface area contributed by atoms with E-state index in [2.05, 4.69) is 48.0 Å². The number of furan rings is 1. The quantitative estimate of drug-likeness (QED) is 0.711. The maximum Gasteiger partial charge on any atom is 0.169 e. The molecule has 1 aromatic heterocycles. The first kappa shape index (κ1) is 12.7. The Morgan fingerprint density at radius 1 is 1.18 bits per heavy atom. The molecule has 2 aromatic rings. The third-order valence-corrected chi connectivity index (χ3v) is 3.68. The highest BCUT2D eigenvalue weighted by molar-refractivity contribution is 9.10. The third-order valence-electron chi connectivity index (χ3n) is 2.89. The zero-order valence-corrected chi connectivity index (χ0v) is 12.2. The van der Waals surface area contributed by atoms with Gasteiger partial charge in [0.05, 0.1) is 5.38 Å². The average molecular weight is 314 g/mol. The van der Waals surface area contributed by atoms with Gasteiger partial charge in [-0.05, 0) is 65.0 Å². The summed E-state index contributed by atoms with van der Waals surface area (Å²) in [6, 6.07) is 10.2. The molecular formula is C14H14BrClO. The standard InChI is InChI=1S/C14H14BrClO/c1-9-3-4-11(7-10(9)2)8-12(16)13-5-6-14(15)17-13/h3-7,12H,8H2,1-2H3. The van der Waals surface area contributed by atoms with E-state index in [-0.39, 0.29) is 5.38 Å². The molecule has 0 fully saturated rings. The number of alkyl halides is 1. The summed E-state index contributed by atoms with van der Waals surface area (Å²) in [6.45, 7) is 4.23. The zero-order chi connectivity index (χ0) is 12.4. The second-order valence-corrected chi connectivity index (χ2v) is 5.54. The topological polar surface area (TPSA) is 13.1 Å². The summed E-state index contributed by atoms with van der Waals surface area (Å²) in [5.74, 6) is 0.803. The van der Waals surface area contributed by atoms with Crippen LogP contribution in [-0.4, -0.2) is 0 Å². The monoisotopic (exact) mass is 312 g/mol. The summed E-state index contributed by atoms with van der Waals surface area (Å²) in [6.07, 6.45) is 0.780. The van der Waals surface area contributed by atoms with Gasteiger partial charge in [0.15, 0.2) is 4.67 Å². The predicted molar refractivity (Wildman–Crippen MR) is 74.6 cm³/mol. The van der Waals surface area contributed by atoms with E-state index in [0.717, 1.165) is 16.9 Å². The van der Waals surface area contributed by atoms with Gasteiger partial charge in [-0.3, -0.25) is 0 Å². The lowest BCUT2D eigenvalue weighted by Crippen LogP contribution is -1.95. The normalized spacial score (nSPS) is 12.7. The molecule has 1 heterocycles.